The number of halogens is 3. The van der Waals surface area contributed by atoms with Gasteiger partial charge in [0.2, 0.25) is 10.0 Å². The van der Waals surface area contributed by atoms with E-state index >= 15 is 0 Å². The van der Waals surface area contributed by atoms with Gasteiger partial charge in [-0.15, -0.1) is 0 Å². The first-order valence-corrected chi connectivity index (χ1v) is 8.69. The molecule has 23 heavy (non-hydrogen) atoms. The molecule has 0 saturated carbocycles. The molecule has 2 saturated heterocycles. The monoisotopic (exact) mass is 358 g/mol. The molecule has 0 spiro atoms. The minimum Gasteiger partial charge on any atom is -0.475 e. The van der Waals surface area contributed by atoms with Gasteiger partial charge >= 0.3 is 12.1 Å². The third-order valence-electron chi connectivity index (χ3n) is 4.05. The van der Waals surface area contributed by atoms with Gasteiger partial charge in [0.1, 0.15) is 0 Å². The van der Waals surface area contributed by atoms with E-state index in [1.54, 1.807) is 4.31 Å². The molecule has 2 aliphatic rings. The highest BCUT2D eigenvalue weighted by Crippen LogP contribution is 2.28. The normalized spacial score (nSPS) is 26.6. The molecule has 0 bridgehead atoms. The fourth-order valence-corrected chi connectivity index (χ4v) is 4.07. The number of sulfonamides is 1. The average molecular weight is 358 g/mol. The molecule has 0 radical (unpaired) electrons. The molecule has 1 N–H and O–H groups in total. The Morgan fingerprint density at radius 3 is 2.13 bits per heavy atom. The Kier molecular flexibility index (Phi) is 6.60. The van der Waals surface area contributed by atoms with Gasteiger partial charge in [-0.05, 0) is 39.3 Å². The summed E-state index contributed by atoms with van der Waals surface area (Å²) in [6, 6.07) is 0.485. The SMILES string of the molecule is C=CS(=O)(=O)N1CCC(N2CCCC2)C1C.O=C(O)C(F)(F)F. The van der Waals surface area contributed by atoms with Crippen LogP contribution in [0.15, 0.2) is 12.0 Å². The van der Waals surface area contributed by atoms with Crippen LogP contribution < -0.4 is 0 Å². The van der Waals surface area contributed by atoms with E-state index in [-0.39, 0.29) is 6.04 Å². The minimum absolute atomic E-state index is 0.0844. The molecule has 134 valence electrons. The van der Waals surface area contributed by atoms with Crippen LogP contribution in [0.3, 0.4) is 0 Å². The van der Waals surface area contributed by atoms with Gasteiger partial charge in [0, 0.05) is 24.0 Å². The summed E-state index contributed by atoms with van der Waals surface area (Å²) < 4.78 is 56.8. The number of carboxylic acids is 1. The van der Waals surface area contributed by atoms with E-state index < -0.39 is 22.2 Å². The van der Waals surface area contributed by atoms with Crippen molar-refractivity contribution in [1.82, 2.24) is 9.21 Å². The van der Waals surface area contributed by atoms with Crippen molar-refractivity contribution >= 4 is 16.0 Å². The Hall–Kier alpha value is -1.13. The van der Waals surface area contributed by atoms with Crippen molar-refractivity contribution in [2.75, 3.05) is 19.6 Å². The van der Waals surface area contributed by atoms with Gasteiger partial charge in [-0.3, -0.25) is 4.90 Å². The number of aliphatic carboxylic acids is 1. The molecule has 6 nitrogen and oxygen atoms in total. The first-order valence-electron chi connectivity index (χ1n) is 7.19. The fourth-order valence-electron chi connectivity index (χ4n) is 2.91. The van der Waals surface area contributed by atoms with E-state index in [0.717, 1.165) is 24.9 Å². The Bertz CT molecular complexity index is 530. The fraction of sp³-hybridized carbons (Fsp3) is 0.769. The second-order valence-corrected chi connectivity index (χ2v) is 7.30. The third kappa shape index (κ3) is 5.18. The quantitative estimate of drug-likeness (QED) is 0.830. The maximum absolute atomic E-state index is 11.8. The van der Waals surface area contributed by atoms with Crippen LogP contribution in [-0.4, -0.2) is 66.6 Å². The van der Waals surface area contributed by atoms with Crippen LogP contribution in [0.25, 0.3) is 0 Å². The second kappa shape index (κ2) is 7.63. The molecule has 2 unspecified atom stereocenters. The van der Waals surface area contributed by atoms with E-state index in [4.69, 9.17) is 9.90 Å². The van der Waals surface area contributed by atoms with Crippen molar-refractivity contribution in [3.05, 3.63) is 12.0 Å². The minimum atomic E-state index is -5.08. The summed E-state index contributed by atoms with van der Waals surface area (Å²) in [6.07, 6.45) is -1.64. The highest BCUT2D eigenvalue weighted by molar-refractivity contribution is 7.92. The van der Waals surface area contributed by atoms with Crippen molar-refractivity contribution in [3.63, 3.8) is 0 Å². The van der Waals surface area contributed by atoms with Crippen molar-refractivity contribution in [2.45, 2.75) is 44.4 Å². The van der Waals surface area contributed by atoms with Gasteiger partial charge in [0.15, 0.2) is 0 Å². The molecule has 2 atom stereocenters. The van der Waals surface area contributed by atoms with Crippen LogP contribution in [-0.2, 0) is 14.8 Å². The number of likely N-dealkylation sites (tertiary alicyclic amines) is 1. The van der Waals surface area contributed by atoms with Crippen LogP contribution in [0.2, 0.25) is 0 Å². The molecule has 0 amide bonds. The molecule has 2 fully saturated rings. The predicted molar refractivity (Wildman–Crippen MR) is 78.2 cm³/mol. The summed E-state index contributed by atoms with van der Waals surface area (Å²) in [5.74, 6) is -2.76. The van der Waals surface area contributed by atoms with Gasteiger partial charge in [0.25, 0.3) is 0 Å². The molecule has 0 aliphatic carbocycles. The predicted octanol–water partition coefficient (Wildman–Crippen LogP) is 1.65. The summed E-state index contributed by atoms with van der Waals surface area (Å²) in [6.45, 7) is 8.28. The molecule has 2 rings (SSSR count). The standard InChI is InChI=1S/C11H20N2O2S.C2HF3O2/c1-3-16(14,15)13-9-6-11(10(13)2)12-7-4-5-8-12;3-2(4,5)1(6)7/h3,10-11H,1,4-9H2,2H3;(H,6,7). The van der Waals surface area contributed by atoms with Crippen molar-refractivity contribution in [3.8, 4) is 0 Å². The summed E-state index contributed by atoms with van der Waals surface area (Å²) in [5, 5.41) is 8.19. The average Bonchev–Trinajstić information content (AvgIpc) is 3.07. The molecular weight excluding hydrogens is 337 g/mol. The number of nitrogens with zero attached hydrogens (tertiary/aromatic N) is 2. The van der Waals surface area contributed by atoms with Gasteiger partial charge in [-0.25, -0.2) is 13.2 Å². The Labute approximate surface area is 133 Å². The van der Waals surface area contributed by atoms with Crippen molar-refractivity contribution in [2.24, 2.45) is 0 Å². The molecule has 2 heterocycles. The van der Waals surface area contributed by atoms with Gasteiger partial charge in [-0.2, -0.15) is 17.5 Å². The van der Waals surface area contributed by atoms with E-state index in [1.807, 2.05) is 6.92 Å². The summed E-state index contributed by atoms with van der Waals surface area (Å²) in [4.78, 5) is 11.3. The highest BCUT2D eigenvalue weighted by atomic mass is 32.2. The number of alkyl halides is 3. The molecule has 0 aromatic rings. The molecule has 2 aliphatic heterocycles. The van der Waals surface area contributed by atoms with Crippen molar-refractivity contribution < 1.29 is 31.5 Å². The van der Waals surface area contributed by atoms with Gasteiger partial charge in [0.05, 0.1) is 0 Å². The van der Waals surface area contributed by atoms with E-state index in [1.165, 1.54) is 12.8 Å². The topological polar surface area (TPSA) is 77.9 Å². The lowest BCUT2D eigenvalue weighted by Crippen LogP contribution is -2.43. The lowest BCUT2D eigenvalue weighted by atomic mass is 10.1. The van der Waals surface area contributed by atoms with E-state index in [0.29, 0.717) is 12.6 Å². The second-order valence-electron chi connectivity index (χ2n) is 5.46. The maximum Gasteiger partial charge on any atom is 0.490 e. The first-order chi connectivity index (χ1) is 10.5. The van der Waals surface area contributed by atoms with Crippen LogP contribution >= 0.6 is 0 Å². The zero-order valence-electron chi connectivity index (χ0n) is 12.8. The third-order valence-corrected chi connectivity index (χ3v) is 5.64. The summed E-state index contributed by atoms with van der Waals surface area (Å²) in [7, 11) is -3.24. The maximum atomic E-state index is 11.8. The Balaban J connectivity index is 0.000000322. The van der Waals surface area contributed by atoms with Crippen molar-refractivity contribution in [1.29, 1.82) is 0 Å². The van der Waals surface area contributed by atoms with E-state index in [2.05, 4.69) is 11.5 Å². The van der Waals surface area contributed by atoms with Crippen LogP contribution in [0.4, 0.5) is 13.2 Å². The Morgan fingerprint density at radius 1 is 1.26 bits per heavy atom. The number of rotatable bonds is 3. The highest BCUT2D eigenvalue weighted by Gasteiger charge is 2.40. The first kappa shape index (κ1) is 19.9. The number of hydrogen-bond acceptors (Lipinski definition) is 4. The Morgan fingerprint density at radius 2 is 1.74 bits per heavy atom. The summed E-state index contributed by atoms with van der Waals surface area (Å²) >= 11 is 0. The van der Waals surface area contributed by atoms with E-state index in [9.17, 15) is 21.6 Å². The van der Waals surface area contributed by atoms with Gasteiger partial charge in [-0.1, -0.05) is 6.58 Å². The largest absolute Gasteiger partial charge is 0.490 e. The van der Waals surface area contributed by atoms with Gasteiger partial charge < -0.3 is 5.11 Å². The number of carbonyl (C=O) groups is 1. The lowest BCUT2D eigenvalue weighted by Gasteiger charge is -2.29. The molecule has 10 heteroatoms. The number of carboxylic acid groups (broad SMARTS) is 1. The number of hydrogen-bond donors (Lipinski definition) is 1. The molecule has 0 aromatic carbocycles. The molecule has 0 aromatic heterocycles. The summed E-state index contributed by atoms with van der Waals surface area (Å²) in [5.41, 5.74) is 0. The smallest absolute Gasteiger partial charge is 0.475 e. The zero-order chi connectivity index (χ0) is 17.8. The zero-order valence-corrected chi connectivity index (χ0v) is 13.6. The van der Waals surface area contributed by atoms with Crippen LogP contribution in [0.5, 0.6) is 0 Å². The molecular formula is C13H21F3N2O4S. The van der Waals surface area contributed by atoms with Crippen LogP contribution in [0, 0.1) is 0 Å². The lowest BCUT2D eigenvalue weighted by molar-refractivity contribution is -0.192. The van der Waals surface area contributed by atoms with Crippen LogP contribution in [0.1, 0.15) is 26.2 Å².